The summed E-state index contributed by atoms with van der Waals surface area (Å²) < 4.78 is 5.57. The highest BCUT2D eigenvalue weighted by Gasteiger charge is 2.14. The van der Waals surface area contributed by atoms with Gasteiger partial charge in [-0.3, -0.25) is 0 Å². The molecule has 0 radical (unpaired) electrons. The number of ether oxygens (including phenoxy) is 1. The minimum Gasteiger partial charge on any atom is -0.409 e. The average molecular weight is 298 g/mol. The Morgan fingerprint density at radius 2 is 2.40 bits per heavy atom. The predicted octanol–water partition coefficient (Wildman–Crippen LogP) is 2.09. The monoisotopic (exact) mass is 297 g/mol. The van der Waals surface area contributed by atoms with E-state index in [1.54, 1.807) is 12.1 Å². The van der Waals surface area contributed by atoms with Crippen LogP contribution in [0.25, 0.3) is 0 Å². The lowest BCUT2D eigenvalue weighted by Crippen LogP contribution is -2.20. The van der Waals surface area contributed by atoms with Gasteiger partial charge in [-0.1, -0.05) is 28.9 Å². The van der Waals surface area contributed by atoms with Crippen LogP contribution in [0.3, 0.4) is 0 Å². The van der Waals surface area contributed by atoms with Gasteiger partial charge in [0.05, 0.1) is 6.10 Å². The van der Waals surface area contributed by atoms with Crippen molar-refractivity contribution in [3.8, 4) is 0 Å². The second-order valence-corrected chi connectivity index (χ2v) is 5.30. The van der Waals surface area contributed by atoms with Crippen molar-refractivity contribution in [2.75, 3.05) is 13.2 Å². The van der Waals surface area contributed by atoms with Crippen LogP contribution in [-0.4, -0.2) is 30.3 Å². The van der Waals surface area contributed by atoms with Crippen molar-refractivity contribution in [2.24, 2.45) is 10.9 Å². The van der Waals surface area contributed by atoms with Crippen molar-refractivity contribution in [2.45, 2.75) is 31.9 Å². The number of nitrogens with zero attached hydrogens (tertiary/aromatic N) is 1. The SMILES string of the molecule is N/C(=N/O)c1ccc(CNCCC2CCCO2)c(Cl)c1. The Morgan fingerprint density at radius 1 is 1.55 bits per heavy atom. The number of hydrogen-bond acceptors (Lipinski definition) is 4. The number of nitrogens with two attached hydrogens (primary N) is 1. The number of halogens is 1. The van der Waals surface area contributed by atoms with Gasteiger partial charge in [-0.25, -0.2) is 0 Å². The van der Waals surface area contributed by atoms with Gasteiger partial charge < -0.3 is 21.0 Å². The summed E-state index contributed by atoms with van der Waals surface area (Å²) in [5.41, 5.74) is 7.12. The molecule has 110 valence electrons. The summed E-state index contributed by atoms with van der Waals surface area (Å²) in [6.07, 6.45) is 3.77. The lowest BCUT2D eigenvalue weighted by molar-refractivity contribution is 0.104. The Morgan fingerprint density at radius 3 is 3.05 bits per heavy atom. The van der Waals surface area contributed by atoms with Gasteiger partial charge >= 0.3 is 0 Å². The van der Waals surface area contributed by atoms with Crippen molar-refractivity contribution in [3.63, 3.8) is 0 Å². The van der Waals surface area contributed by atoms with E-state index in [0.717, 1.165) is 31.6 Å². The quantitative estimate of drug-likeness (QED) is 0.247. The van der Waals surface area contributed by atoms with E-state index in [1.165, 1.54) is 6.42 Å². The highest BCUT2D eigenvalue weighted by molar-refractivity contribution is 6.31. The van der Waals surface area contributed by atoms with Gasteiger partial charge in [-0.2, -0.15) is 0 Å². The third-order valence-electron chi connectivity index (χ3n) is 3.44. The second-order valence-electron chi connectivity index (χ2n) is 4.89. The molecule has 0 aromatic heterocycles. The Labute approximate surface area is 123 Å². The molecule has 4 N–H and O–H groups in total. The van der Waals surface area contributed by atoms with Crippen LogP contribution in [0.4, 0.5) is 0 Å². The van der Waals surface area contributed by atoms with Crippen molar-refractivity contribution in [3.05, 3.63) is 34.3 Å². The zero-order chi connectivity index (χ0) is 14.4. The van der Waals surface area contributed by atoms with E-state index in [-0.39, 0.29) is 5.84 Å². The molecule has 1 heterocycles. The van der Waals surface area contributed by atoms with Crippen molar-refractivity contribution in [1.29, 1.82) is 0 Å². The molecule has 0 aliphatic carbocycles. The maximum Gasteiger partial charge on any atom is 0.170 e. The van der Waals surface area contributed by atoms with Crippen LogP contribution in [0.2, 0.25) is 5.02 Å². The molecule has 1 aliphatic rings. The summed E-state index contributed by atoms with van der Waals surface area (Å²) in [5.74, 6) is 0.0600. The standard InChI is InChI=1S/C14H20ClN3O2/c15-13-8-10(14(16)18-19)3-4-11(13)9-17-6-5-12-2-1-7-20-12/h3-4,8,12,17,19H,1-2,5-7,9H2,(H2,16,18). The van der Waals surface area contributed by atoms with Gasteiger partial charge in [-0.05, 0) is 37.4 Å². The summed E-state index contributed by atoms with van der Waals surface area (Å²) in [5, 5.41) is 15.5. The van der Waals surface area contributed by atoms with Crippen LogP contribution in [-0.2, 0) is 11.3 Å². The Balaban J connectivity index is 1.80. The third kappa shape index (κ3) is 4.10. The smallest absolute Gasteiger partial charge is 0.170 e. The lowest BCUT2D eigenvalue weighted by Gasteiger charge is -2.11. The van der Waals surface area contributed by atoms with Gasteiger partial charge in [0.1, 0.15) is 0 Å². The fourth-order valence-electron chi connectivity index (χ4n) is 2.27. The van der Waals surface area contributed by atoms with Gasteiger partial charge in [0.15, 0.2) is 5.84 Å². The van der Waals surface area contributed by atoms with E-state index < -0.39 is 0 Å². The average Bonchev–Trinajstić information content (AvgIpc) is 2.97. The Bertz CT molecular complexity index is 473. The van der Waals surface area contributed by atoms with E-state index in [9.17, 15) is 0 Å². The van der Waals surface area contributed by atoms with Gasteiger partial charge in [0, 0.05) is 23.7 Å². The minimum absolute atomic E-state index is 0.0600. The molecule has 6 heteroatoms. The number of rotatable bonds is 6. The fourth-order valence-corrected chi connectivity index (χ4v) is 2.51. The molecule has 1 unspecified atom stereocenters. The molecule has 1 fully saturated rings. The lowest BCUT2D eigenvalue weighted by atomic mass is 10.1. The summed E-state index contributed by atoms with van der Waals surface area (Å²) in [6.45, 7) is 2.50. The maximum atomic E-state index is 8.62. The topological polar surface area (TPSA) is 79.9 Å². The van der Waals surface area contributed by atoms with E-state index >= 15 is 0 Å². The van der Waals surface area contributed by atoms with Gasteiger partial charge in [0.25, 0.3) is 0 Å². The minimum atomic E-state index is 0.0600. The molecule has 1 atom stereocenters. The molecule has 0 amide bonds. The summed E-state index contributed by atoms with van der Waals surface area (Å²) >= 11 is 6.18. The molecular weight excluding hydrogens is 278 g/mol. The molecule has 0 saturated carbocycles. The molecule has 20 heavy (non-hydrogen) atoms. The van der Waals surface area contributed by atoms with Gasteiger partial charge in [-0.15, -0.1) is 0 Å². The van der Waals surface area contributed by atoms with Crippen LogP contribution in [0.5, 0.6) is 0 Å². The van der Waals surface area contributed by atoms with E-state index in [4.69, 9.17) is 27.3 Å². The van der Waals surface area contributed by atoms with Crippen molar-refractivity contribution < 1.29 is 9.94 Å². The zero-order valence-electron chi connectivity index (χ0n) is 11.3. The Kier molecular flexibility index (Phi) is 5.64. The molecule has 5 nitrogen and oxygen atoms in total. The van der Waals surface area contributed by atoms with E-state index in [1.807, 2.05) is 6.07 Å². The van der Waals surface area contributed by atoms with E-state index in [2.05, 4.69) is 10.5 Å². The summed E-state index contributed by atoms with van der Waals surface area (Å²) in [4.78, 5) is 0. The first-order valence-corrected chi connectivity index (χ1v) is 7.17. The highest BCUT2D eigenvalue weighted by Crippen LogP contribution is 2.18. The van der Waals surface area contributed by atoms with Crippen LogP contribution in [0, 0.1) is 0 Å². The molecule has 1 aromatic carbocycles. The first-order valence-electron chi connectivity index (χ1n) is 6.79. The van der Waals surface area contributed by atoms with Crippen LogP contribution < -0.4 is 11.1 Å². The number of oxime groups is 1. The largest absolute Gasteiger partial charge is 0.409 e. The summed E-state index contributed by atoms with van der Waals surface area (Å²) in [7, 11) is 0. The fraction of sp³-hybridized carbons (Fsp3) is 0.500. The zero-order valence-corrected chi connectivity index (χ0v) is 12.1. The Hall–Kier alpha value is -1.30. The number of benzene rings is 1. The highest BCUT2D eigenvalue weighted by atomic mass is 35.5. The molecule has 0 bridgehead atoms. The number of amidine groups is 1. The molecular formula is C14H20ClN3O2. The molecule has 1 aliphatic heterocycles. The van der Waals surface area contributed by atoms with Crippen LogP contribution >= 0.6 is 11.6 Å². The second kappa shape index (κ2) is 7.47. The molecule has 0 spiro atoms. The number of nitrogens with one attached hydrogen (secondary N) is 1. The first-order chi connectivity index (χ1) is 9.70. The van der Waals surface area contributed by atoms with Crippen LogP contribution in [0.15, 0.2) is 23.4 Å². The predicted molar refractivity (Wildman–Crippen MR) is 79.3 cm³/mol. The number of hydrogen-bond donors (Lipinski definition) is 3. The third-order valence-corrected chi connectivity index (χ3v) is 3.79. The van der Waals surface area contributed by atoms with E-state index in [0.29, 0.717) is 23.2 Å². The molecule has 1 aromatic rings. The van der Waals surface area contributed by atoms with Crippen LogP contribution in [0.1, 0.15) is 30.4 Å². The van der Waals surface area contributed by atoms with Crippen molar-refractivity contribution in [1.82, 2.24) is 5.32 Å². The van der Waals surface area contributed by atoms with Crippen molar-refractivity contribution >= 4 is 17.4 Å². The first kappa shape index (κ1) is 15.1. The molecule has 1 saturated heterocycles. The summed E-state index contributed by atoms with van der Waals surface area (Å²) in [6, 6.07) is 5.38. The maximum absolute atomic E-state index is 8.62. The van der Waals surface area contributed by atoms with Gasteiger partial charge in [0.2, 0.25) is 0 Å². The molecule has 2 rings (SSSR count). The normalized spacial score (nSPS) is 19.4.